The molecule has 3 heteroatoms. The Morgan fingerprint density at radius 1 is 1.40 bits per heavy atom. The topological polar surface area (TPSA) is 29.9 Å². The monoisotopic (exact) mass is 209 g/mol. The molecule has 1 aromatic rings. The molecule has 0 fully saturated rings. The second kappa shape index (κ2) is 6.62. The first-order chi connectivity index (χ1) is 7.29. The number of aromatic nitrogens is 2. The average molecular weight is 209 g/mol. The summed E-state index contributed by atoms with van der Waals surface area (Å²) in [6.45, 7) is 2.25. The van der Waals surface area contributed by atoms with E-state index in [4.69, 9.17) is 0 Å². The van der Waals surface area contributed by atoms with Crippen LogP contribution in [0.1, 0.15) is 50.8 Å². The Bertz CT molecular complexity index is 268. The SMILES string of the molecule is CCCCCCC(NC)c1cncn1C. The molecule has 0 bridgehead atoms. The number of hydrogen-bond acceptors (Lipinski definition) is 2. The smallest absolute Gasteiger partial charge is 0.0946 e. The Labute approximate surface area is 92.9 Å². The number of imidazole rings is 1. The number of rotatable bonds is 7. The largest absolute Gasteiger partial charge is 0.336 e. The van der Waals surface area contributed by atoms with E-state index in [1.807, 2.05) is 19.6 Å². The fourth-order valence-electron chi connectivity index (χ4n) is 1.92. The van der Waals surface area contributed by atoms with Gasteiger partial charge in [0.25, 0.3) is 0 Å². The van der Waals surface area contributed by atoms with Crippen molar-refractivity contribution in [3.05, 3.63) is 18.2 Å². The molecule has 0 radical (unpaired) electrons. The van der Waals surface area contributed by atoms with Gasteiger partial charge in [0.2, 0.25) is 0 Å². The van der Waals surface area contributed by atoms with Crippen LogP contribution < -0.4 is 5.32 Å². The highest BCUT2D eigenvalue weighted by Gasteiger charge is 2.11. The van der Waals surface area contributed by atoms with Crippen molar-refractivity contribution in [2.45, 2.75) is 45.1 Å². The maximum absolute atomic E-state index is 4.16. The molecule has 1 aromatic heterocycles. The van der Waals surface area contributed by atoms with E-state index in [0.29, 0.717) is 6.04 Å². The fourth-order valence-corrected chi connectivity index (χ4v) is 1.92. The van der Waals surface area contributed by atoms with E-state index in [0.717, 1.165) is 0 Å². The van der Waals surface area contributed by atoms with Crippen LogP contribution in [-0.4, -0.2) is 16.6 Å². The van der Waals surface area contributed by atoms with Crippen LogP contribution in [0.15, 0.2) is 12.5 Å². The highest BCUT2D eigenvalue weighted by molar-refractivity contribution is 5.04. The van der Waals surface area contributed by atoms with Crippen LogP contribution in [0.2, 0.25) is 0 Å². The standard InChI is InChI=1S/C12H23N3/c1-4-5-6-7-8-11(13-2)12-9-14-10-15(12)3/h9-11,13H,4-8H2,1-3H3. The van der Waals surface area contributed by atoms with Crippen LogP contribution in [0, 0.1) is 0 Å². The summed E-state index contributed by atoms with van der Waals surface area (Å²) in [6.07, 6.45) is 10.3. The molecule has 0 saturated heterocycles. The number of nitrogens with zero attached hydrogens (tertiary/aromatic N) is 2. The average Bonchev–Trinajstić information content (AvgIpc) is 2.65. The zero-order valence-electron chi connectivity index (χ0n) is 10.2. The molecule has 1 atom stereocenters. The van der Waals surface area contributed by atoms with Crippen LogP contribution in [0.5, 0.6) is 0 Å². The van der Waals surface area contributed by atoms with E-state index in [1.54, 1.807) is 0 Å². The minimum atomic E-state index is 0.453. The van der Waals surface area contributed by atoms with Gasteiger partial charge in [0.1, 0.15) is 0 Å². The summed E-state index contributed by atoms with van der Waals surface area (Å²) in [7, 11) is 4.08. The molecule has 0 aliphatic carbocycles. The first-order valence-electron chi connectivity index (χ1n) is 5.93. The summed E-state index contributed by atoms with van der Waals surface area (Å²) in [5.41, 5.74) is 1.29. The minimum absolute atomic E-state index is 0.453. The predicted octanol–water partition coefficient (Wildman–Crippen LogP) is 2.65. The van der Waals surface area contributed by atoms with E-state index in [1.165, 1.54) is 37.8 Å². The van der Waals surface area contributed by atoms with E-state index in [9.17, 15) is 0 Å². The molecule has 0 aliphatic rings. The quantitative estimate of drug-likeness (QED) is 0.700. The minimum Gasteiger partial charge on any atom is -0.336 e. The predicted molar refractivity (Wildman–Crippen MR) is 63.8 cm³/mol. The van der Waals surface area contributed by atoms with E-state index >= 15 is 0 Å². The summed E-state index contributed by atoms with van der Waals surface area (Å²) in [5.74, 6) is 0. The Hall–Kier alpha value is -0.830. The van der Waals surface area contributed by atoms with Crippen LogP contribution in [0.3, 0.4) is 0 Å². The van der Waals surface area contributed by atoms with Gasteiger partial charge in [0.05, 0.1) is 12.0 Å². The number of hydrogen-bond donors (Lipinski definition) is 1. The molecule has 0 saturated carbocycles. The number of unbranched alkanes of at least 4 members (excludes halogenated alkanes) is 3. The van der Waals surface area contributed by atoms with Gasteiger partial charge in [-0.2, -0.15) is 0 Å². The third-order valence-corrected chi connectivity index (χ3v) is 2.91. The molecular formula is C12H23N3. The summed E-state index contributed by atoms with van der Waals surface area (Å²) < 4.78 is 2.10. The second-order valence-corrected chi connectivity index (χ2v) is 4.12. The van der Waals surface area contributed by atoms with Gasteiger partial charge in [0.15, 0.2) is 0 Å². The van der Waals surface area contributed by atoms with Gasteiger partial charge in [-0.05, 0) is 13.5 Å². The van der Waals surface area contributed by atoms with Crippen LogP contribution in [0.4, 0.5) is 0 Å². The molecule has 0 amide bonds. The first-order valence-corrected chi connectivity index (χ1v) is 5.93. The molecule has 1 N–H and O–H groups in total. The van der Waals surface area contributed by atoms with Gasteiger partial charge >= 0.3 is 0 Å². The highest BCUT2D eigenvalue weighted by atomic mass is 15.1. The number of nitrogens with one attached hydrogen (secondary N) is 1. The molecule has 3 nitrogen and oxygen atoms in total. The van der Waals surface area contributed by atoms with Gasteiger partial charge in [-0.15, -0.1) is 0 Å². The molecule has 0 aliphatic heterocycles. The maximum atomic E-state index is 4.16. The van der Waals surface area contributed by atoms with Crippen molar-refractivity contribution in [3.8, 4) is 0 Å². The molecule has 0 spiro atoms. The Morgan fingerprint density at radius 3 is 2.73 bits per heavy atom. The summed E-state index contributed by atoms with van der Waals surface area (Å²) in [6, 6.07) is 0.453. The van der Waals surface area contributed by atoms with Crippen molar-refractivity contribution in [2.24, 2.45) is 7.05 Å². The maximum Gasteiger partial charge on any atom is 0.0946 e. The summed E-state index contributed by atoms with van der Waals surface area (Å²) in [4.78, 5) is 4.16. The van der Waals surface area contributed by atoms with Crippen molar-refractivity contribution in [2.75, 3.05) is 7.05 Å². The van der Waals surface area contributed by atoms with Gasteiger partial charge in [-0.25, -0.2) is 4.98 Å². The molecule has 1 rings (SSSR count). The normalized spacial score (nSPS) is 13.0. The molecule has 15 heavy (non-hydrogen) atoms. The first kappa shape index (κ1) is 12.2. The summed E-state index contributed by atoms with van der Waals surface area (Å²) in [5, 5.41) is 3.36. The van der Waals surface area contributed by atoms with E-state index in [2.05, 4.69) is 28.8 Å². The van der Waals surface area contributed by atoms with Crippen LogP contribution >= 0.6 is 0 Å². The zero-order valence-corrected chi connectivity index (χ0v) is 10.2. The Morgan fingerprint density at radius 2 is 2.20 bits per heavy atom. The lowest BCUT2D eigenvalue weighted by Crippen LogP contribution is -2.18. The molecule has 1 heterocycles. The van der Waals surface area contributed by atoms with Crippen molar-refractivity contribution in [3.63, 3.8) is 0 Å². The third-order valence-electron chi connectivity index (χ3n) is 2.91. The van der Waals surface area contributed by atoms with Crippen molar-refractivity contribution < 1.29 is 0 Å². The van der Waals surface area contributed by atoms with E-state index in [-0.39, 0.29) is 0 Å². The molecule has 86 valence electrons. The Kier molecular flexibility index (Phi) is 5.40. The van der Waals surface area contributed by atoms with Gasteiger partial charge in [0, 0.05) is 19.3 Å². The number of aryl methyl sites for hydroxylation is 1. The lowest BCUT2D eigenvalue weighted by atomic mass is 10.1. The van der Waals surface area contributed by atoms with Crippen LogP contribution in [0.25, 0.3) is 0 Å². The molecule has 0 aromatic carbocycles. The van der Waals surface area contributed by atoms with Crippen molar-refractivity contribution in [1.82, 2.24) is 14.9 Å². The van der Waals surface area contributed by atoms with Crippen LogP contribution in [-0.2, 0) is 7.05 Å². The molecule has 1 unspecified atom stereocenters. The van der Waals surface area contributed by atoms with E-state index < -0.39 is 0 Å². The highest BCUT2D eigenvalue weighted by Crippen LogP contribution is 2.18. The van der Waals surface area contributed by atoms with Gasteiger partial charge in [-0.1, -0.05) is 32.6 Å². The molecular weight excluding hydrogens is 186 g/mol. The van der Waals surface area contributed by atoms with Crippen molar-refractivity contribution >= 4 is 0 Å². The second-order valence-electron chi connectivity index (χ2n) is 4.12. The zero-order chi connectivity index (χ0) is 11.1. The summed E-state index contributed by atoms with van der Waals surface area (Å²) >= 11 is 0. The van der Waals surface area contributed by atoms with Crippen molar-refractivity contribution in [1.29, 1.82) is 0 Å². The third kappa shape index (κ3) is 3.67. The van der Waals surface area contributed by atoms with Gasteiger partial charge < -0.3 is 9.88 Å². The van der Waals surface area contributed by atoms with Gasteiger partial charge in [-0.3, -0.25) is 0 Å². The Balaban J connectivity index is 2.39. The lowest BCUT2D eigenvalue weighted by Gasteiger charge is -2.16. The fraction of sp³-hybridized carbons (Fsp3) is 0.750. The lowest BCUT2D eigenvalue weighted by molar-refractivity contribution is 0.484.